The fraction of sp³-hybridized carbons (Fsp3) is 0.400. The van der Waals surface area contributed by atoms with Crippen molar-refractivity contribution in [2.75, 3.05) is 37.7 Å². The van der Waals surface area contributed by atoms with Gasteiger partial charge >= 0.3 is 0 Å². The minimum Gasteiger partial charge on any atom is -0.336 e. The molecule has 1 unspecified atom stereocenters. The second-order valence-electron chi connectivity index (χ2n) is 7.30. The monoisotopic (exact) mass is 495 g/mol. The minimum atomic E-state index is -2.89. The molecule has 2 aromatic rings. The molecule has 6 nitrogen and oxygen atoms in total. The molecule has 2 aliphatic rings. The van der Waals surface area contributed by atoms with E-state index in [0.29, 0.717) is 25.1 Å². The van der Waals surface area contributed by atoms with Gasteiger partial charge in [0.05, 0.1) is 17.1 Å². The van der Waals surface area contributed by atoms with Crippen molar-refractivity contribution in [2.45, 2.75) is 22.4 Å². The van der Waals surface area contributed by atoms with E-state index in [1.165, 1.54) is 11.8 Å². The number of sulfone groups is 1. The van der Waals surface area contributed by atoms with E-state index >= 15 is 0 Å². The average Bonchev–Trinajstić information content (AvgIpc) is 3.09. The van der Waals surface area contributed by atoms with E-state index < -0.39 is 9.84 Å². The van der Waals surface area contributed by atoms with Crippen LogP contribution in [-0.4, -0.2) is 72.8 Å². The third kappa shape index (κ3) is 5.02. The Morgan fingerprint density at radius 3 is 2.52 bits per heavy atom. The fourth-order valence-corrected chi connectivity index (χ4v) is 6.67. The molecule has 0 radical (unpaired) electrons. The van der Waals surface area contributed by atoms with E-state index in [1.54, 1.807) is 6.20 Å². The first-order valence-electron chi connectivity index (χ1n) is 9.53. The molecule has 1 aromatic heterocycles. The number of halogens is 1. The number of carbonyl (C=O) groups is 1. The fourth-order valence-electron chi connectivity index (χ4n) is 3.79. The zero-order valence-corrected chi connectivity index (χ0v) is 19.0. The Morgan fingerprint density at radius 1 is 1.10 bits per heavy atom. The largest absolute Gasteiger partial charge is 0.336 e. The highest BCUT2D eigenvalue weighted by Crippen LogP contribution is 2.30. The number of aromatic nitrogens is 1. The lowest BCUT2D eigenvalue weighted by Gasteiger charge is -2.37. The van der Waals surface area contributed by atoms with Crippen LogP contribution in [0.15, 0.2) is 57.0 Å². The van der Waals surface area contributed by atoms with Gasteiger partial charge in [-0.05, 0) is 46.6 Å². The molecule has 0 aliphatic carbocycles. The van der Waals surface area contributed by atoms with Crippen molar-refractivity contribution < 1.29 is 13.2 Å². The zero-order chi connectivity index (χ0) is 20.4. The third-order valence-electron chi connectivity index (χ3n) is 5.36. The molecule has 0 spiro atoms. The van der Waals surface area contributed by atoms with Gasteiger partial charge in [-0.25, -0.2) is 13.4 Å². The maximum absolute atomic E-state index is 13.2. The maximum Gasteiger partial charge on any atom is 0.255 e. The molecule has 1 amide bonds. The first-order valence-corrected chi connectivity index (χ1v) is 13.0. The van der Waals surface area contributed by atoms with E-state index in [1.807, 2.05) is 41.3 Å². The lowest BCUT2D eigenvalue weighted by atomic mass is 10.1. The van der Waals surface area contributed by atoms with E-state index in [0.717, 1.165) is 27.5 Å². The number of pyridine rings is 1. The molecule has 0 saturated carbocycles. The number of amides is 1. The first-order chi connectivity index (χ1) is 13.9. The smallest absolute Gasteiger partial charge is 0.255 e. The van der Waals surface area contributed by atoms with Crippen LogP contribution in [0, 0.1) is 0 Å². The second kappa shape index (κ2) is 8.75. The Morgan fingerprint density at radius 2 is 1.86 bits per heavy atom. The van der Waals surface area contributed by atoms with Crippen LogP contribution in [0.4, 0.5) is 0 Å². The maximum atomic E-state index is 13.2. The SMILES string of the molecule is O=C(c1ccccc1Sc1ccc(Br)cn1)N1CCN(C2CCS(=O)(=O)C2)CC1. The number of nitrogens with zero attached hydrogens (tertiary/aromatic N) is 3. The Hall–Kier alpha value is -1.42. The van der Waals surface area contributed by atoms with Crippen molar-refractivity contribution in [3.63, 3.8) is 0 Å². The highest BCUT2D eigenvalue weighted by Gasteiger charge is 2.34. The average molecular weight is 496 g/mol. The van der Waals surface area contributed by atoms with Gasteiger partial charge in [-0.2, -0.15) is 0 Å². The number of rotatable bonds is 4. The molecular formula is C20H22BrN3O3S2. The second-order valence-corrected chi connectivity index (χ2v) is 11.5. The van der Waals surface area contributed by atoms with Crippen LogP contribution >= 0.6 is 27.7 Å². The minimum absolute atomic E-state index is 0.0175. The molecule has 0 N–H and O–H groups in total. The molecule has 2 saturated heterocycles. The predicted molar refractivity (Wildman–Crippen MR) is 117 cm³/mol. The van der Waals surface area contributed by atoms with Gasteiger partial charge in [0.2, 0.25) is 0 Å². The number of benzene rings is 1. The highest BCUT2D eigenvalue weighted by molar-refractivity contribution is 9.10. The molecule has 29 heavy (non-hydrogen) atoms. The van der Waals surface area contributed by atoms with Gasteiger partial charge in [-0.3, -0.25) is 9.69 Å². The van der Waals surface area contributed by atoms with Gasteiger partial charge in [0.15, 0.2) is 9.84 Å². The van der Waals surface area contributed by atoms with Crippen LogP contribution in [0.1, 0.15) is 16.8 Å². The third-order valence-corrected chi connectivity index (χ3v) is 8.60. The number of hydrogen-bond donors (Lipinski definition) is 0. The van der Waals surface area contributed by atoms with Crippen LogP contribution in [0.25, 0.3) is 0 Å². The van der Waals surface area contributed by atoms with Gasteiger partial charge in [0, 0.05) is 47.8 Å². The molecule has 1 aromatic carbocycles. The van der Waals surface area contributed by atoms with Crippen LogP contribution in [-0.2, 0) is 9.84 Å². The van der Waals surface area contributed by atoms with E-state index in [4.69, 9.17) is 0 Å². The molecule has 2 aliphatic heterocycles. The van der Waals surface area contributed by atoms with Crippen molar-refractivity contribution in [1.29, 1.82) is 0 Å². The standard InChI is InChI=1S/C20H22BrN3O3S2/c21-15-5-6-19(22-13-15)28-18-4-2-1-3-17(18)20(25)24-10-8-23(9-11-24)16-7-12-29(26,27)14-16/h1-6,13,16H,7-12,14H2. The van der Waals surface area contributed by atoms with Gasteiger partial charge < -0.3 is 4.90 Å². The van der Waals surface area contributed by atoms with Gasteiger partial charge in [-0.15, -0.1) is 0 Å². The normalized spacial score (nSPS) is 22.0. The van der Waals surface area contributed by atoms with Crippen molar-refractivity contribution in [1.82, 2.24) is 14.8 Å². The molecule has 154 valence electrons. The van der Waals surface area contributed by atoms with Crippen molar-refractivity contribution in [2.24, 2.45) is 0 Å². The molecule has 2 fully saturated rings. The lowest BCUT2D eigenvalue weighted by molar-refractivity contribution is 0.0584. The summed E-state index contributed by atoms with van der Waals surface area (Å²) in [7, 11) is -2.89. The van der Waals surface area contributed by atoms with Crippen molar-refractivity contribution in [3.8, 4) is 0 Å². The summed E-state index contributed by atoms with van der Waals surface area (Å²) >= 11 is 4.87. The Balaban J connectivity index is 1.42. The summed E-state index contributed by atoms with van der Waals surface area (Å²) in [5.74, 6) is 0.551. The summed E-state index contributed by atoms with van der Waals surface area (Å²) in [6.45, 7) is 2.67. The van der Waals surface area contributed by atoms with Gasteiger partial charge in [0.25, 0.3) is 5.91 Å². The topological polar surface area (TPSA) is 70.6 Å². The zero-order valence-electron chi connectivity index (χ0n) is 15.8. The Bertz CT molecular complexity index is 990. The molecule has 0 bridgehead atoms. The summed E-state index contributed by atoms with van der Waals surface area (Å²) in [6.07, 6.45) is 2.45. The van der Waals surface area contributed by atoms with E-state index in [9.17, 15) is 13.2 Å². The predicted octanol–water partition coefficient (Wildman–Crippen LogP) is 2.94. The summed E-state index contributed by atoms with van der Waals surface area (Å²) in [5.41, 5.74) is 0.680. The summed E-state index contributed by atoms with van der Waals surface area (Å²) < 4.78 is 24.4. The Labute approximate surface area is 183 Å². The number of hydrogen-bond acceptors (Lipinski definition) is 6. The van der Waals surface area contributed by atoms with Gasteiger partial charge in [-0.1, -0.05) is 23.9 Å². The summed E-state index contributed by atoms with van der Waals surface area (Å²) in [4.78, 5) is 22.5. The van der Waals surface area contributed by atoms with Crippen molar-refractivity contribution in [3.05, 3.63) is 52.6 Å². The van der Waals surface area contributed by atoms with Crippen LogP contribution in [0.2, 0.25) is 0 Å². The van der Waals surface area contributed by atoms with E-state index in [-0.39, 0.29) is 23.5 Å². The van der Waals surface area contributed by atoms with Crippen LogP contribution < -0.4 is 0 Å². The first kappa shape index (κ1) is 20.8. The Kier molecular flexibility index (Phi) is 6.29. The molecular weight excluding hydrogens is 474 g/mol. The van der Waals surface area contributed by atoms with Gasteiger partial charge in [0.1, 0.15) is 5.03 Å². The summed E-state index contributed by atoms with van der Waals surface area (Å²) in [6, 6.07) is 11.6. The highest BCUT2D eigenvalue weighted by atomic mass is 79.9. The number of carbonyl (C=O) groups excluding carboxylic acids is 1. The van der Waals surface area contributed by atoms with Crippen LogP contribution in [0.3, 0.4) is 0 Å². The lowest BCUT2D eigenvalue weighted by Crippen LogP contribution is -2.52. The summed E-state index contributed by atoms with van der Waals surface area (Å²) in [5, 5.41) is 0.834. The molecule has 3 heterocycles. The van der Waals surface area contributed by atoms with Crippen LogP contribution in [0.5, 0.6) is 0 Å². The van der Waals surface area contributed by atoms with Crippen molar-refractivity contribution >= 4 is 43.4 Å². The number of piperazine rings is 1. The van der Waals surface area contributed by atoms with E-state index in [2.05, 4.69) is 25.8 Å². The molecule has 9 heteroatoms. The molecule has 4 rings (SSSR count). The molecule has 1 atom stereocenters. The quantitative estimate of drug-likeness (QED) is 0.649.